The molecule has 2 heteroatoms. The zero-order valence-corrected chi connectivity index (χ0v) is 8.30. The van der Waals surface area contributed by atoms with Crippen LogP contribution in [0.5, 0.6) is 0 Å². The molecule has 0 aromatic heterocycles. The van der Waals surface area contributed by atoms with Crippen LogP contribution in [-0.2, 0) is 0 Å². The molecule has 2 nitrogen and oxygen atoms in total. The second-order valence-corrected chi connectivity index (χ2v) is 3.45. The van der Waals surface area contributed by atoms with Crippen LogP contribution in [0.4, 0.5) is 0 Å². The molecule has 12 heavy (non-hydrogen) atoms. The Morgan fingerprint density at radius 2 is 1.75 bits per heavy atom. The Morgan fingerprint density at radius 1 is 1.33 bits per heavy atom. The molecular formula is C10H19NO. The van der Waals surface area contributed by atoms with E-state index in [1.165, 1.54) is 0 Å². The average molecular weight is 169 g/mol. The molecular weight excluding hydrogens is 150 g/mol. The van der Waals surface area contributed by atoms with Crippen LogP contribution in [0.25, 0.3) is 0 Å². The largest absolute Gasteiger partial charge is 0.389 e. The lowest BCUT2D eigenvalue weighted by molar-refractivity contribution is -0.00931. The highest BCUT2D eigenvalue weighted by atomic mass is 16.3. The van der Waals surface area contributed by atoms with Crippen LogP contribution in [0.1, 0.15) is 46.5 Å². The van der Waals surface area contributed by atoms with Crippen molar-refractivity contribution < 1.29 is 5.11 Å². The predicted molar refractivity (Wildman–Crippen MR) is 49.5 cm³/mol. The Morgan fingerprint density at radius 3 is 2.00 bits per heavy atom. The van der Waals surface area contributed by atoms with Gasteiger partial charge in [-0.25, -0.2) is 0 Å². The van der Waals surface area contributed by atoms with Crippen molar-refractivity contribution in [3.8, 4) is 6.07 Å². The lowest BCUT2D eigenvalue weighted by atomic mass is 9.82. The minimum atomic E-state index is -0.752. The SMILES string of the molecule is CCCC(O)(CCC)C(C)C#N. The first-order chi connectivity index (χ1) is 5.60. The monoisotopic (exact) mass is 169 g/mol. The van der Waals surface area contributed by atoms with Crippen molar-refractivity contribution in [1.82, 2.24) is 0 Å². The Bertz CT molecular complexity index is 154. The van der Waals surface area contributed by atoms with Crippen molar-refractivity contribution in [1.29, 1.82) is 5.26 Å². The van der Waals surface area contributed by atoms with Crippen molar-refractivity contribution in [3.63, 3.8) is 0 Å². The van der Waals surface area contributed by atoms with E-state index in [-0.39, 0.29) is 5.92 Å². The summed E-state index contributed by atoms with van der Waals surface area (Å²) in [4.78, 5) is 0. The van der Waals surface area contributed by atoms with Crippen molar-refractivity contribution in [2.24, 2.45) is 5.92 Å². The molecule has 0 aliphatic carbocycles. The van der Waals surface area contributed by atoms with Gasteiger partial charge in [0.15, 0.2) is 0 Å². The summed E-state index contributed by atoms with van der Waals surface area (Å²) in [6.45, 7) is 5.86. The van der Waals surface area contributed by atoms with Crippen molar-refractivity contribution >= 4 is 0 Å². The summed E-state index contributed by atoms with van der Waals surface area (Å²) in [6.07, 6.45) is 3.33. The van der Waals surface area contributed by atoms with Gasteiger partial charge in [0.05, 0.1) is 17.6 Å². The zero-order chi connectivity index (χ0) is 9.61. The van der Waals surface area contributed by atoms with Crippen molar-refractivity contribution in [2.45, 2.75) is 52.1 Å². The van der Waals surface area contributed by atoms with Gasteiger partial charge in [0, 0.05) is 0 Å². The van der Waals surface area contributed by atoms with E-state index < -0.39 is 5.60 Å². The first kappa shape index (κ1) is 11.4. The van der Waals surface area contributed by atoms with E-state index in [4.69, 9.17) is 5.26 Å². The number of rotatable bonds is 5. The van der Waals surface area contributed by atoms with Gasteiger partial charge in [-0.05, 0) is 19.8 Å². The minimum absolute atomic E-state index is 0.252. The number of nitriles is 1. The van der Waals surface area contributed by atoms with Crippen LogP contribution in [0.15, 0.2) is 0 Å². The van der Waals surface area contributed by atoms with Gasteiger partial charge in [-0.1, -0.05) is 26.7 Å². The Kier molecular flexibility index (Phi) is 4.92. The molecule has 0 fully saturated rings. The summed E-state index contributed by atoms with van der Waals surface area (Å²) in [5, 5.41) is 18.8. The Labute approximate surface area is 75.2 Å². The summed E-state index contributed by atoms with van der Waals surface area (Å²) in [6, 6.07) is 2.13. The maximum atomic E-state index is 10.1. The van der Waals surface area contributed by atoms with Gasteiger partial charge in [-0.2, -0.15) is 5.26 Å². The fourth-order valence-electron chi connectivity index (χ4n) is 1.54. The fraction of sp³-hybridized carbons (Fsp3) is 0.900. The van der Waals surface area contributed by atoms with Crippen LogP contribution in [0, 0.1) is 17.2 Å². The van der Waals surface area contributed by atoms with Gasteiger partial charge < -0.3 is 5.11 Å². The van der Waals surface area contributed by atoms with Gasteiger partial charge in [0.1, 0.15) is 0 Å². The van der Waals surface area contributed by atoms with E-state index in [1.807, 2.05) is 13.8 Å². The molecule has 0 aromatic carbocycles. The molecule has 0 saturated heterocycles. The number of nitrogens with zero attached hydrogens (tertiary/aromatic N) is 1. The molecule has 0 bridgehead atoms. The lowest BCUT2D eigenvalue weighted by Gasteiger charge is -2.29. The van der Waals surface area contributed by atoms with Crippen LogP contribution in [0.2, 0.25) is 0 Å². The normalized spacial score (nSPS) is 13.9. The standard InChI is InChI=1S/C10H19NO/c1-4-6-10(12,7-5-2)9(3)8-11/h9,12H,4-7H2,1-3H3. The van der Waals surface area contributed by atoms with Crippen LogP contribution in [0.3, 0.4) is 0 Å². The van der Waals surface area contributed by atoms with Crippen molar-refractivity contribution in [3.05, 3.63) is 0 Å². The van der Waals surface area contributed by atoms with Gasteiger partial charge in [-0.3, -0.25) is 0 Å². The second-order valence-electron chi connectivity index (χ2n) is 3.45. The molecule has 0 aromatic rings. The highest BCUT2D eigenvalue weighted by molar-refractivity contribution is 4.95. The number of hydrogen-bond acceptors (Lipinski definition) is 2. The van der Waals surface area contributed by atoms with Crippen LogP contribution in [-0.4, -0.2) is 10.7 Å². The smallest absolute Gasteiger partial charge is 0.0802 e. The van der Waals surface area contributed by atoms with Crippen LogP contribution < -0.4 is 0 Å². The first-order valence-electron chi connectivity index (χ1n) is 4.72. The average Bonchev–Trinajstić information content (AvgIpc) is 2.04. The van der Waals surface area contributed by atoms with E-state index in [1.54, 1.807) is 6.92 Å². The maximum absolute atomic E-state index is 10.1. The zero-order valence-electron chi connectivity index (χ0n) is 8.30. The molecule has 0 radical (unpaired) electrons. The molecule has 1 atom stereocenters. The highest BCUT2D eigenvalue weighted by Crippen LogP contribution is 2.27. The molecule has 0 saturated carbocycles. The third-order valence-electron chi connectivity index (χ3n) is 2.37. The molecule has 0 heterocycles. The first-order valence-corrected chi connectivity index (χ1v) is 4.72. The fourth-order valence-corrected chi connectivity index (χ4v) is 1.54. The summed E-state index contributed by atoms with van der Waals surface area (Å²) >= 11 is 0. The van der Waals surface area contributed by atoms with Gasteiger partial charge in [0.25, 0.3) is 0 Å². The third-order valence-corrected chi connectivity index (χ3v) is 2.37. The van der Waals surface area contributed by atoms with Crippen LogP contribution >= 0.6 is 0 Å². The van der Waals surface area contributed by atoms with E-state index in [0.717, 1.165) is 25.7 Å². The van der Waals surface area contributed by atoms with Gasteiger partial charge >= 0.3 is 0 Å². The minimum Gasteiger partial charge on any atom is -0.389 e. The summed E-state index contributed by atoms with van der Waals surface area (Å²) in [7, 11) is 0. The quantitative estimate of drug-likeness (QED) is 0.687. The molecule has 0 rings (SSSR count). The van der Waals surface area contributed by atoms with E-state index >= 15 is 0 Å². The third kappa shape index (κ3) is 2.83. The Balaban J connectivity index is 4.28. The van der Waals surface area contributed by atoms with Gasteiger partial charge in [0.2, 0.25) is 0 Å². The summed E-state index contributed by atoms with van der Waals surface area (Å²) < 4.78 is 0. The second kappa shape index (κ2) is 5.16. The molecule has 70 valence electrons. The topological polar surface area (TPSA) is 44.0 Å². The van der Waals surface area contributed by atoms with E-state index in [0.29, 0.717) is 0 Å². The molecule has 0 spiro atoms. The molecule has 1 unspecified atom stereocenters. The lowest BCUT2D eigenvalue weighted by Crippen LogP contribution is -2.35. The molecule has 1 N–H and O–H groups in total. The van der Waals surface area contributed by atoms with E-state index in [2.05, 4.69) is 6.07 Å². The summed E-state index contributed by atoms with van der Waals surface area (Å²) in [5.74, 6) is -0.252. The van der Waals surface area contributed by atoms with Crippen molar-refractivity contribution in [2.75, 3.05) is 0 Å². The predicted octanol–water partition coefficient (Wildman–Crippen LogP) is 2.48. The molecule has 0 amide bonds. The van der Waals surface area contributed by atoms with Gasteiger partial charge in [-0.15, -0.1) is 0 Å². The number of aliphatic hydroxyl groups is 1. The van der Waals surface area contributed by atoms with E-state index in [9.17, 15) is 5.11 Å². The highest BCUT2D eigenvalue weighted by Gasteiger charge is 2.31. The number of hydrogen-bond donors (Lipinski definition) is 1. The molecule has 0 aliphatic rings. The Hall–Kier alpha value is -0.550. The summed E-state index contributed by atoms with van der Waals surface area (Å²) in [5.41, 5.74) is -0.752. The molecule has 0 aliphatic heterocycles. The maximum Gasteiger partial charge on any atom is 0.0802 e.